The molecule has 1 aromatic heterocycles. The first-order valence-corrected chi connectivity index (χ1v) is 8.16. The van der Waals surface area contributed by atoms with Crippen LogP contribution >= 0.6 is 23.1 Å². The van der Waals surface area contributed by atoms with Crippen LogP contribution in [0.25, 0.3) is 0 Å². The molecule has 0 radical (unpaired) electrons. The standard InChI is InChI=1S/C13H20O3S2/c1-10(2)14-7-12(16-6-11-5-15-11)8-18-13-3-4-17-9-13/h3-4,9-12H,5-8H2,1-2H3. The molecule has 1 aromatic rings. The first kappa shape index (κ1) is 14.3. The van der Waals surface area contributed by atoms with Crippen LogP contribution in [0.2, 0.25) is 0 Å². The summed E-state index contributed by atoms with van der Waals surface area (Å²) in [6.07, 6.45) is 0.707. The quantitative estimate of drug-likeness (QED) is 0.516. The van der Waals surface area contributed by atoms with Gasteiger partial charge in [0.25, 0.3) is 0 Å². The lowest BCUT2D eigenvalue weighted by Crippen LogP contribution is -2.26. The van der Waals surface area contributed by atoms with Crippen molar-refractivity contribution in [1.82, 2.24) is 0 Å². The number of hydrogen-bond acceptors (Lipinski definition) is 5. The molecule has 1 aliphatic rings. The highest BCUT2D eigenvalue weighted by Gasteiger charge is 2.24. The summed E-state index contributed by atoms with van der Waals surface area (Å²) in [7, 11) is 0. The van der Waals surface area contributed by atoms with Gasteiger partial charge in [-0.15, -0.1) is 11.8 Å². The van der Waals surface area contributed by atoms with E-state index in [9.17, 15) is 0 Å². The summed E-state index contributed by atoms with van der Waals surface area (Å²) in [5.41, 5.74) is 0. The van der Waals surface area contributed by atoms with Crippen LogP contribution < -0.4 is 0 Å². The van der Waals surface area contributed by atoms with E-state index in [1.807, 2.05) is 25.6 Å². The van der Waals surface area contributed by atoms with Crippen molar-refractivity contribution < 1.29 is 14.2 Å². The Bertz CT molecular complexity index is 317. The highest BCUT2D eigenvalue weighted by Crippen LogP contribution is 2.23. The normalized spacial score (nSPS) is 20.3. The predicted molar refractivity (Wildman–Crippen MR) is 75.6 cm³/mol. The van der Waals surface area contributed by atoms with E-state index in [1.165, 1.54) is 4.90 Å². The van der Waals surface area contributed by atoms with Crippen molar-refractivity contribution in [3.05, 3.63) is 16.8 Å². The molecule has 3 nitrogen and oxygen atoms in total. The molecule has 0 aliphatic carbocycles. The number of thiophene rings is 1. The van der Waals surface area contributed by atoms with Gasteiger partial charge in [0.1, 0.15) is 6.10 Å². The van der Waals surface area contributed by atoms with Crippen LogP contribution in [0.5, 0.6) is 0 Å². The molecule has 1 aliphatic heterocycles. The van der Waals surface area contributed by atoms with Gasteiger partial charge in [-0.3, -0.25) is 0 Å². The minimum Gasteiger partial charge on any atom is -0.376 e. The molecule has 18 heavy (non-hydrogen) atoms. The molecule has 2 atom stereocenters. The van der Waals surface area contributed by atoms with E-state index in [0.29, 0.717) is 19.3 Å². The summed E-state index contributed by atoms with van der Waals surface area (Å²) in [5.74, 6) is 0.927. The van der Waals surface area contributed by atoms with Crippen LogP contribution in [0.4, 0.5) is 0 Å². The maximum atomic E-state index is 5.85. The number of thioether (sulfide) groups is 1. The third kappa shape index (κ3) is 5.71. The number of ether oxygens (including phenoxy) is 3. The van der Waals surface area contributed by atoms with Gasteiger partial charge in [-0.25, -0.2) is 0 Å². The van der Waals surface area contributed by atoms with Crippen molar-refractivity contribution in [2.24, 2.45) is 0 Å². The van der Waals surface area contributed by atoms with Crippen LogP contribution in [0.15, 0.2) is 21.7 Å². The van der Waals surface area contributed by atoms with Crippen LogP contribution in [0.3, 0.4) is 0 Å². The molecule has 0 N–H and O–H groups in total. The summed E-state index contributed by atoms with van der Waals surface area (Å²) >= 11 is 3.55. The van der Waals surface area contributed by atoms with Gasteiger partial charge in [0, 0.05) is 16.0 Å². The van der Waals surface area contributed by atoms with Crippen molar-refractivity contribution in [2.45, 2.75) is 37.1 Å². The van der Waals surface area contributed by atoms with Crippen molar-refractivity contribution in [3.8, 4) is 0 Å². The summed E-state index contributed by atoms with van der Waals surface area (Å²) in [6, 6.07) is 2.14. The van der Waals surface area contributed by atoms with Crippen molar-refractivity contribution in [2.75, 3.05) is 25.6 Å². The van der Waals surface area contributed by atoms with Gasteiger partial charge >= 0.3 is 0 Å². The van der Waals surface area contributed by atoms with E-state index in [2.05, 4.69) is 16.8 Å². The highest BCUT2D eigenvalue weighted by molar-refractivity contribution is 7.99. The molecule has 0 bridgehead atoms. The van der Waals surface area contributed by atoms with Gasteiger partial charge in [0.05, 0.1) is 32.0 Å². The molecule has 102 valence electrons. The Kier molecular flexibility index (Phi) is 5.98. The Balaban J connectivity index is 1.70. The Morgan fingerprint density at radius 3 is 2.94 bits per heavy atom. The van der Waals surface area contributed by atoms with Gasteiger partial charge in [-0.1, -0.05) is 0 Å². The molecule has 5 heteroatoms. The lowest BCUT2D eigenvalue weighted by atomic mass is 10.4. The smallest absolute Gasteiger partial charge is 0.104 e. The molecule has 2 rings (SSSR count). The Morgan fingerprint density at radius 1 is 1.50 bits per heavy atom. The maximum absolute atomic E-state index is 5.85. The predicted octanol–water partition coefficient (Wildman–Crippen LogP) is 3.05. The fourth-order valence-corrected chi connectivity index (χ4v) is 3.15. The zero-order chi connectivity index (χ0) is 12.8. The molecule has 0 spiro atoms. The molecule has 1 saturated heterocycles. The lowest BCUT2D eigenvalue weighted by molar-refractivity contribution is -0.0279. The second-order valence-electron chi connectivity index (χ2n) is 4.56. The molecule has 1 fully saturated rings. The first-order chi connectivity index (χ1) is 8.74. The number of hydrogen-bond donors (Lipinski definition) is 0. The Labute approximate surface area is 117 Å². The van der Waals surface area contributed by atoms with Gasteiger partial charge < -0.3 is 14.2 Å². The number of rotatable bonds is 9. The van der Waals surface area contributed by atoms with E-state index in [-0.39, 0.29) is 12.2 Å². The van der Waals surface area contributed by atoms with E-state index < -0.39 is 0 Å². The van der Waals surface area contributed by atoms with E-state index >= 15 is 0 Å². The molecular formula is C13H20O3S2. The molecule has 0 aromatic carbocycles. The van der Waals surface area contributed by atoms with Gasteiger partial charge in [0.15, 0.2) is 0 Å². The molecule has 0 saturated carbocycles. The average molecular weight is 288 g/mol. The SMILES string of the molecule is CC(C)OCC(CSc1ccsc1)OCC1CO1. The van der Waals surface area contributed by atoms with Crippen molar-refractivity contribution >= 4 is 23.1 Å². The molecule has 0 amide bonds. The van der Waals surface area contributed by atoms with Crippen LogP contribution in [-0.2, 0) is 14.2 Å². The second-order valence-corrected chi connectivity index (χ2v) is 6.44. The van der Waals surface area contributed by atoms with Crippen molar-refractivity contribution in [3.63, 3.8) is 0 Å². The van der Waals surface area contributed by atoms with Gasteiger partial charge in [-0.05, 0) is 25.3 Å². The zero-order valence-electron chi connectivity index (χ0n) is 10.8. The van der Waals surface area contributed by atoms with Gasteiger partial charge in [0.2, 0.25) is 0 Å². The monoisotopic (exact) mass is 288 g/mol. The highest BCUT2D eigenvalue weighted by atomic mass is 32.2. The van der Waals surface area contributed by atoms with E-state index in [0.717, 1.165) is 12.4 Å². The van der Waals surface area contributed by atoms with E-state index in [4.69, 9.17) is 14.2 Å². The fourth-order valence-electron chi connectivity index (χ4n) is 1.38. The first-order valence-electron chi connectivity index (χ1n) is 6.24. The molecule has 2 unspecified atom stereocenters. The fraction of sp³-hybridized carbons (Fsp3) is 0.692. The largest absolute Gasteiger partial charge is 0.376 e. The summed E-state index contributed by atoms with van der Waals surface area (Å²) in [5, 5.41) is 4.26. The molecule has 2 heterocycles. The second kappa shape index (κ2) is 7.50. The third-order valence-electron chi connectivity index (χ3n) is 2.47. The maximum Gasteiger partial charge on any atom is 0.104 e. The van der Waals surface area contributed by atoms with Crippen LogP contribution in [-0.4, -0.2) is 43.9 Å². The Hall–Kier alpha value is -0.0700. The Morgan fingerprint density at radius 2 is 2.33 bits per heavy atom. The summed E-state index contributed by atoms with van der Waals surface area (Å²) < 4.78 is 16.7. The van der Waals surface area contributed by atoms with Crippen LogP contribution in [0.1, 0.15) is 13.8 Å². The minimum atomic E-state index is 0.140. The van der Waals surface area contributed by atoms with Gasteiger partial charge in [-0.2, -0.15) is 11.3 Å². The zero-order valence-corrected chi connectivity index (χ0v) is 12.5. The molecular weight excluding hydrogens is 268 g/mol. The lowest BCUT2D eigenvalue weighted by Gasteiger charge is -2.18. The summed E-state index contributed by atoms with van der Waals surface area (Å²) in [6.45, 7) is 6.29. The van der Waals surface area contributed by atoms with Crippen molar-refractivity contribution in [1.29, 1.82) is 0 Å². The minimum absolute atomic E-state index is 0.140. The van der Waals surface area contributed by atoms with Crippen LogP contribution in [0, 0.1) is 0 Å². The average Bonchev–Trinajstić information content (AvgIpc) is 3.02. The number of epoxide rings is 1. The topological polar surface area (TPSA) is 31.0 Å². The summed E-state index contributed by atoms with van der Waals surface area (Å²) in [4.78, 5) is 1.31. The van der Waals surface area contributed by atoms with E-state index in [1.54, 1.807) is 11.3 Å². The third-order valence-corrected chi connectivity index (χ3v) is 4.42.